The molecule has 25 heavy (non-hydrogen) atoms. The fourth-order valence-electron chi connectivity index (χ4n) is 4.16. The largest absolute Gasteiger partial charge is 0.481 e. The minimum absolute atomic E-state index is 0.183. The summed E-state index contributed by atoms with van der Waals surface area (Å²) in [6.45, 7) is 3.91. The molecule has 0 aliphatic carbocycles. The van der Waals surface area contributed by atoms with E-state index in [1.165, 1.54) is 10.5 Å². The molecule has 0 amide bonds. The zero-order valence-corrected chi connectivity index (χ0v) is 15.6. The van der Waals surface area contributed by atoms with Crippen LogP contribution in [0, 0.1) is 5.41 Å². The molecular weight excluding hydrogens is 344 g/mol. The van der Waals surface area contributed by atoms with Crippen molar-refractivity contribution in [3.05, 3.63) is 12.4 Å². The lowest BCUT2D eigenvalue weighted by Crippen LogP contribution is -2.63. The third-order valence-corrected chi connectivity index (χ3v) is 7.43. The Morgan fingerprint density at radius 3 is 2.84 bits per heavy atom. The summed E-state index contributed by atoms with van der Waals surface area (Å²) >= 11 is 0. The number of carboxylic acids is 1. The molecule has 3 heterocycles. The van der Waals surface area contributed by atoms with Gasteiger partial charge in [0.25, 0.3) is 0 Å². The highest BCUT2D eigenvalue weighted by molar-refractivity contribution is 7.89. The van der Waals surface area contributed by atoms with Crippen molar-refractivity contribution in [3.63, 3.8) is 0 Å². The van der Waals surface area contributed by atoms with Crippen molar-refractivity contribution in [1.29, 1.82) is 0 Å². The van der Waals surface area contributed by atoms with Crippen LogP contribution in [0.2, 0.25) is 0 Å². The van der Waals surface area contributed by atoms with E-state index < -0.39 is 21.4 Å². The molecule has 0 bridgehead atoms. The van der Waals surface area contributed by atoms with Crippen LogP contribution in [-0.2, 0) is 21.4 Å². The molecule has 8 nitrogen and oxygen atoms in total. The van der Waals surface area contributed by atoms with E-state index >= 15 is 0 Å². The van der Waals surface area contributed by atoms with Crippen LogP contribution in [0.4, 0.5) is 0 Å². The van der Waals surface area contributed by atoms with Gasteiger partial charge in [-0.25, -0.2) is 8.42 Å². The van der Waals surface area contributed by atoms with Gasteiger partial charge in [-0.1, -0.05) is 6.92 Å². The molecule has 2 saturated heterocycles. The number of carbonyl (C=O) groups is 1. The Balaban J connectivity index is 1.85. The first-order valence-electron chi connectivity index (χ1n) is 8.77. The molecule has 0 saturated carbocycles. The standard InChI is InChI=1S/C16H26N4O4S/c1-3-7-19-11-13(10-17-19)25(23,24)20-9-6-16(15(21)22)5-4-8-18(2)14(16)12-20/h10-11,14H,3-9,12H2,1-2H3,(H,21,22)/t14-,16+/m1/s1. The number of piperidine rings is 2. The Labute approximate surface area is 148 Å². The highest BCUT2D eigenvalue weighted by atomic mass is 32.2. The number of nitrogens with zero attached hydrogens (tertiary/aromatic N) is 4. The Bertz CT molecular complexity index is 747. The topological polar surface area (TPSA) is 95.7 Å². The van der Waals surface area contributed by atoms with Crippen LogP contribution in [0.3, 0.4) is 0 Å². The predicted molar refractivity (Wildman–Crippen MR) is 91.6 cm³/mol. The summed E-state index contributed by atoms with van der Waals surface area (Å²) in [6.07, 6.45) is 5.60. The first-order chi connectivity index (χ1) is 11.8. The minimum Gasteiger partial charge on any atom is -0.481 e. The molecule has 140 valence electrons. The van der Waals surface area contributed by atoms with E-state index in [9.17, 15) is 18.3 Å². The number of sulfonamides is 1. The molecule has 2 aliphatic rings. The quantitative estimate of drug-likeness (QED) is 0.826. The normalized spacial score (nSPS) is 28.6. The number of rotatable bonds is 5. The number of likely N-dealkylation sites (N-methyl/N-ethyl adjacent to an activating group) is 1. The molecule has 1 N–H and O–H groups in total. The molecule has 0 radical (unpaired) electrons. The van der Waals surface area contributed by atoms with Gasteiger partial charge in [-0.2, -0.15) is 9.40 Å². The Hall–Kier alpha value is -1.45. The van der Waals surface area contributed by atoms with Gasteiger partial charge < -0.3 is 10.0 Å². The average molecular weight is 370 g/mol. The number of hydrogen-bond acceptors (Lipinski definition) is 5. The third-order valence-electron chi connectivity index (χ3n) is 5.61. The summed E-state index contributed by atoms with van der Waals surface area (Å²) in [4.78, 5) is 14.1. The maximum Gasteiger partial charge on any atom is 0.311 e. The van der Waals surface area contributed by atoms with Crippen LogP contribution in [0.5, 0.6) is 0 Å². The van der Waals surface area contributed by atoms with E-state index in [2.05, 4.69) is 5.10 Å². The molecule has 2 fully saturated rings. The monoisotopic (exact) mass is 370 g/mol. The summed E-state index contributed by atoms with van der Waals surface area (Å²) in [5.74, 6) is -0.808. The summed E-state index contributed by atoms with van der Waals surface area (Å²) in [5, 5.41) is 13.9. The number of aliphatic carboxylic acids is 1. The van der Waals surface area contributed by atoms with E-state index in [-0.39, 0.29) is 24.0 Å². The molecule has 9 heteroatoms. The van der Waals surface area contributed by atoms with Gasteiger partial charge in [0, 0.05) is 31.9 Å². The van der Waals surface area contributed by atoms with E-state index in [0.717, 1.165) is 19.4 Å². The van der Waals surface area contributed by atoms with Gasteiger partial charge in [-0.05, 0) is 39.3 Å². The van der Waals surface area contributed by atoms with Gasteiger partial charge in [0.2, 0.25) is 10.0 Å². The SMILES string of the molecule is CCCn1cc(S(=O)(=O)N2CC[C@@]3(C(=O)O)CCCN(C)[C@@H]3C2)cn1. The number of aryl methyl sites for hydroxylation is 1. The van der Waals surface area contributed by atoms with Gasteiger partial charge >= 0.3 is 5.97 Å². The molecule has 1 aromatic rings. The van der Waals surface area contributed by atoms with Crippen molar-refractivity contribution in [2.24, 2.45) is 5.41 Å². The van der Waals surface area contributed by atoms with Crippen molar-refractivity contribution in [3.8, 4) is 0 Å². The number of likely N-dealkylation sites (tertiary alicyclic amines) is 1. The molecule has 1 aromatic heterocycles. The molecule has 2 atom stereocenters. The van der Waals surface area contributed by atoms with Crippen molar-refractivity contribution in [1.82, 2.24) is 19.0 Å². The van der Waals surface area contributed by atoms with Crippen LogP contribution < -0.4 is 0 Å². The van der Waals surface area contributed by atoms with Crippen LogP contribution in [-0.4, -0.2) is 71.2 Å². The smallest absolute Gasteiger partial charge is 0.311 e. The lowest BCUT2D eigenvalue weighted by Gasteiger charge is -2.51. The lowest BCUT2D eigenvalue weighted by molar-refractivity contribution is -0.160. The fraction of sp³-hybridized carbons (Fsp3) is 0.750. The maximum atomic E-state index is 13.0. The van der Waals surface area contributed by atoms with E-state index in [4.69, 9.17) is 0 Å². The van der Waals surface area contributed by atoms with Crippen molar-refractivity contribution in [2.75, 3.05) is 26.7 Å². The number of hydrogen-bond donors (Lipinski definition) is 1. The molecule has 0 spiro atoms. The third kappa shape index (κ3) is 3.09. The summed E-state index contributed by atoms with van der Waals surface area (Å²) in [6, 6.07) is -0.298. The van der Waals surface area contributed by atoms with Crippen molar-refractivity contribution in [2.45, 2.75) is 50.1 Å². The van der Waals surface area contributed by atoms with Crippen LogP contribution in [0.25, 0.3) is 0 Å². The Morgan fingerprint density at radius 2 is 2.16 bits per heavy atom. The number of carboxylic acid groups (broad SMARTS) is 1. The highest BCUT2D eigenvalue weighted by Gasteiger charge is 2.53. The van der Waals surface area contributed by atoms with Gasteiger partial charge in [0.1, 0.15) is 4.90 Å². The Kier molecular flexibility index (Phi) is 4.91. The second-order valence-electron chi connectivity index (χ2n) is 7.11. The van der Waals surface area contributed by atoms with Crippen LogP contribution in [0.15, 0.2) is 17.3 Å². The molecular formula is C16H26N4O4S. The van der Waals surface area contributed by atoms with E-state index in [0.29, 0.717) is 19.4 Å². The average Bonchev–Trinajstić information content (AvgIpc) is 3.04. The zero-order valence-electron chi connectivity index (χ0n) is 14.8. The molecule has 3 rings (SSSR count). The zero-order chi connectivity index (χ0) is 18.2. The maximum absolute atomic E-state index is 13.0. The predicted octanol–water partition coefficient (Wildman–Crippen LogP) is 0.853. The fourth-order valence-corrected chi connectivity index (χ4v) is 5.56. The van der Waals surface area contributed by atoms with Crippen molar-refractivity contribution < 1.29 is 18.3 Å². The minimum atomic E-state index is -3.66. The summed E-state index contributed by atoms with van der Waals surface area (Å²) < 4.78 is 29.0. The number of aromatic nitrogens is 2. The van der Waals surface area contributed by atoms with E-state index in [1.807, 2.05) is 18.9 Å². The summed E-state index contributed by atoms with van der Waals surface area (Å²) in [7, 11) is -1.77. The van der Waals surface area contributed by atoms with E-state index in [1.54, 1.807) is 10.9 Å². The highest BCUT2D eigenvalue weighted by Crippen LogP contribution is 2.43. The number of fused-ring (bicyclic) bond motifs is 1. The van der Waals surface area contributed by atoms with Gasteiger partial charge in [0.15, 0.2) is 0 Å². The van der Waals surface area contributed by atoms with Gasteiger partial charge in [-0.15, -0.1) is 0 Å². The van der Waals surface area contributed by atoms with Crippen molar-refractivity contribution >= 4 is 16.0 Å². The lowest BCUT2D eigenvalue weighted by atomic mass is 9.69. The Morgan fingerprint density at radius 1 is 1.40 bits per heavy atom. The molecule has 2 aliphatic heterocycles. The van der Waals surface area contributed by atoms with Crippen LogP contribution in [0.1, 0.15) is 32.6 Å². The molecule has 0 unspecified atom stereocenters. The summed E-state index contributed by atoms with van der Waals surface area (Å²) in [5.41, 5.74) is -0.842. The molecule has 0 aromatic carbocycles. The second-order valence-corrected chi connectivity index (χ2v) is 9.05. The first kappa shape index (κ1) is 18.3. The van der Waals surface area contributed by atoms with Crippen LogP contribution >= 0.6 is 0 Å². The first-order valence-corrected chi connectivity index (χ1v) is 10.2. The van der Waals surface area contributed by atoms with Gasteiger partial charge in [0.05, 0.1) is 11.6 Å². The van der Waals surface area contributed by atoms with Gasteiger partial charge in [-0.3, -0.25) is 9.48 Å². The second kappa shape index (κ2) is 6.69.